The molecule has 3 rings (SSSR count). The van der Waals surface area contributed by atoms with Gasteiger partial charge in [-0.05, 0) is 50.6 Å². The lowest BCUT2D eigenvalue weighted by atomic mass is 9.84. The summed E-state index contributed by atoms with van der Waals surface area (Å²) in [7, 11) is 0. The highest BCUT2D eigenvalue weighted by molar-refractivity contribution is 6.32. The van der Waals surface area contributed by atoms with Crippen LogP contribution in [0.3, 0.4) is 0 Å². The summed E-state index contributed by atoms with van der Waals surface area (Å²) in [6, 6.07) is 0. The van der Waals surface area contributed by atoms with Crippen LogP contribution in [0.4, 0.5) is 0 Å². The maximum atomic E-state index is 12.2. The van der Waals surface area contributed by atoms with Gasteiger partial charge in [0, 0.05) is 26.1 Å². The lowest BCUT2D eigenvalue weighted by Gasteiger charge is -2.34. The molecule has 0 aliphatic carbocycles. The SMILES string of the molecule is O=C(OCCN1CCCC1=O)C(=O)N1CCC(C2CCNC2)CC1. The Balaban J connectivity index is 1.36. The molecule has 3 aliphatic rings. The van der Waals surface area contributed by atoms with Crippen LogP contribution < -0.4 is 5.32 Å². The van der Waals surface area contributed by atoms with E-state index in [-0.39, 0.29) is 12.5 Å². The Labute approximate surface area is 142 Å². The van der Waals surface area contributed by atoms with Gasteiger partial charge in [-0.15, -0.1) is 0 Å². The lowest BCUT2D eigenvalue weighted by Crippen LogP contribution is -2.44. The van der Waals surface area contributed by atoms with E-state index in [0.29, 0.717) is 44.4 Å². The van der Waals surface area contributed by atoms with Gasteiger partial charge >= 0.3 is 11.9 Å². The van der Waals surface area contributed by atoms with Crippen LogP contribution in [0.15, 0.2) is 0 Å². The number of ether oxygens (including phenoxy) is 1. The van der Waals surface area contributed by atoms with Gasteiger partial charge in [0.2, 0.25) is 5.91 Å². The fourth-order valence-electron chi connectivity index (χ4n) is 4.03. The Morgan fingerprint density at radius 2 is 1.92 bits per heavy atom. The van der Waals surface area contributed by atoms with Gasteiger partial charge in [-0.1, -0.05) is 0 Å². The average Bonchev–Trinajstić information content (AvgIpc) is 3.26. The smallest absolute Gasteiger partial charge is 0.397 e. The summed E-state index contributed by atoms with van der Waals surface area (Å²) in [5.41, 5.74) is 0. The molecular weight excluding hydrogens is 310 g/mol. The number of amides is 2. The third-order valence-corrected chi connectivity index (χ3v) is 5.53. The second-order valence-electron chi connectivity index (χ2n) is 7.00. The van der Waals surface area contributed by atoms with Crippen molar-refractivity contribution in [3.05, 3.63) is 0 Å². The molecule has 134 valence electrons. The summed E-state index contributed by atoms with van der Waals surface area (Å²) in [6.45, 7) is 4.65. The van der Waals surface area contributed by atoms with Gasteiger partial charge in [0.25, 0.3) is 0 Å². The van der Waals surface area contributed by atoms with Gasteiger partial charge in [0.05, 0.1) is 6.54 Å². The molecule has 7 nitrogen and oxygen atoms in total. The van der Waals surface area contributed by atoms with Crippen molar-refractivity contribution in [2.24, 2.45) is 11.8 Å². The average molecular weight is 337 g/mol. The summed E-state index contributed by atoms with van der Waals surface area (Å²) in [4.78, 5) is 38.9. The zero-order valence-electron chi connectivity index (χ0n) is 14.2. The summed E-state index contributed by atoms with van der Waals surface area (Å²) in [6.07, 6.45) is 4.58. The van der Waals surface area contributed by atoms with E-state index in [9.17, 15) is 14.4 Å². The van der Waals surface area contributed by atoms with Crippen LogP contribution in [0.5, 0.6) is 0 Å². The number of carbonyl (C=O) groups excluding carboxylic acids is 3. The molecule has 7 heteroatoms. The summed E-state index contributed by atoms with van der Waals surface area (Å²) in [5, 5.41) is 3.39. The number of nitrogens with zero attached hydrogens (tertiary/aromatic N) is 2. The van der Waals surface area contributed by atoms with Crippen LogP contribution in [0.2, 0.25) is 0 Å². The minimum absolute atomic E-state index is 0.0977. The van der Waals surface area contributed by atoms with E-state index >= 15 is 0 Å². The zero-order valence-corrected chi connectivity index (χ0v) is 14.2. The van der Waals surface area contributed by atoms with Crippen molar-refractivity contribution in [2.75, 3.05) is 45.9 Å². The topological polar surface area (TPSA) is 79.0 Å². The number of esters is 1. The fraction of sp³-hybridized carbons (Fsp3) is 0.824. The van der Waals surface area contributed by atoms with Crippen molar-refractivity contribution in [3.8, 4) is 0 Å². The Morgan fingerprint density at radius 3 is 2.54 bits per heavy atom. The third-order valence-electron chi connectivity index (χ3n) is 5.53. The number of likely N-dealkylation sites (tertiary alicyclic amines) is 2. The first-order chi connectivity index (χ1) is 11.6. The Hall–Kier alpha value is -1.63. The standard InChI is InChI=1S/C17H27N3O4/c21-15-2-1-7-19(15)10-11-24-17(23)16(22)20-8-4-13(5-9-20)14-3-6-18-12-14/h13-14,18H,1-12H2. The highest BCUT2D eigenvalue weighted by Gasteiger charge is 2.32. The van der Waals surface area contributed by atoms with Gasteiger partial charge in [0.15, 0.2) is 0 Å². The molecule has 3 saturated heterocycles. The van der Waals surface area contributed by atoms with E-state index < -0.39 is 11.9 Å². The monoisotopic (exact) mass is 337 g/mol. The van der Waals surface area contributed by atoms with E-state index in [1.54, 1.807) is 9.80 Å². The first kappa shape index (κ1) is 17.2. The maximum Gasteiger partial charge on any atom is 0.397 e. The number of rotatable bonds is 4. The molecular formula is C17H27N3O4. The van der Waals surface area contributed by atoms with Crippen molar-refractivity contribution in [3.63, 3.8) is 0 Å². The summed E-state index contributed by atoms with van der Waals surface area (Å²) in [5.74, 6) is 0.141. The van der Waals surface area contributed by atoms with Crippen LogP contribution in [-0.4, -0.2) is 73.5 Å². The highest BCUT2D eigenvalue weighted by atomic mass is 16.5. The second-order valence-corrected chi connectivity index (χ2v) is 7.00. The van der Waals surface area contributed by atoms with Crippen molar-refractivity contribution in [1.29, 1.82) is 0 Å². The van der Waals surface area contributed by atoms with Crippen molar-refractivity contribution in [1.82, 2.24) is 15.1 Å². The van der Waals surface area contributed by atoms with Crippen LogP contribution >= 0.6 is 0 Å². The van der Waals surface area contributed by atoms with Gasteiger partial charge in [0.1, 0.15) is 6.61 Å². The molecule has 0 aromatic rings. The molecule has 0 aromatic heterocycles. The number of hydrogen-bond acceptors (Lipinski definition) is 5. The summed E-state index contributed by atoms with van der Waals surface area (Å²) < 4.78 is 5.06. The second kappa shape index (κ2) is 7.96. The third kappa shape index (κ3) is 4.06. The van der Waals surface area contributed by atoms with Crippen LogP contribution in [-0.2, 0) is 19.1 Å². The molecule has 1 N–H and O–H groups in total. The Bertz CT molecular complexity index is 482. The Morgan fingerprint density at radius 1 is 1.12 bits per heavy atom. The van der Waals surface area contributed by atoms with Gasteiger partial charge in [-0.3, -0.25) is 9.59 Å². The van der Waals surface area contributed by atoms with Crippen molar-refractivity contribution in [2.45, 2.75) is 32.1 Å². The van der Waals surface area contributed by atoms with Crippen molar-refractivity contribution >= 4 is 17.8 Å². The fourth-order valence-corrected chi connectivity index (χ4v) is 4.03. The normalized spacial score (nSPS) is 25.3. The van der Waals surface area contributed by atoms with Crippen molar-refractivity contribution < 1.29 is 19.1 Å². The predicted molar refractivity (Wildman–Crippen MR) is 87.1 cm³/mol. The number of piperidine rings is 1. The highest BCUT2D eigenvalue weighted by Crippen LogP contribution is 2.28. The van der Waals surface area contributed by atoms with E-state index in [1.807, 2.05) is 0 Å². The largest absolute Gasteiger partial charge is 0.457 e. The molecule has 3 aliphatic heterocycles. The zero-order chi connectivity index (χ0) is 16.9. The molecule has 0 bridgehead atoms. The first-order valence-corrected chi connectivity index (χ1v) is 9.09. The molecule has 24 heavy (non-hydrogen) atoms. The molecule has 0 saturated carbocycles. The first-order valence-electron chi connectivity index (χ1n) is 9.09. The molecule has 0 radical (unpaired) electrons. The number of nitrogens with one attached hydrogen (secondary N) is 1. The molecule has 0 spiro atoms. The molecule has 0 aromatic carbocycles. The number of hydrogen-bond donors (Lipinski definition) is 1. The minimum Gasteiger partial charge on any atom is -0.457 e. The molecule has 1 unspecified atom stereocenters. The molecule has 2 amide bonds. The van der Waals surface area contributed by atoms with E-state index in [1.165, 1.54) is 6.42 Å². The lowest BCUT2D eigenvalue weighted by molar-refractivity contribution is -0.161. The van der Waals surface area contributed by atoms with E-state index in [4.69, 9.17) is 4.74 Å². The van der Waals surface area contributed by atoms with Crippen LogP contribution in [0.25, 0.3) is 0 Å². The minimum atomic E-state index is -0.789. The number of carbonyl (C=O) groups is 3. The van der Waals surface area contributed by atoms with Gasteiger partial charge in [-0.25, -0.2) is 4.79 Å². The van der Waals surface area contributed by atoms with E-state index in [0.717, 1.165) is 32.4 Å². The van der Waals surface area contributed by atoms with E-state index in [2.05, 4.69) is 5.32 Å². The summed E-state index contributed by atoms with van der Waals surface area (Å²) >= 11 is 0. The van der Waals surface area contributed by atoms with Gasteiger partial charge in [-0.2, -0.15) is 0 Å². The predicted octanol–water partition coefficient (Wildman–Crippen LogP) is 0.000100. The molecule has 3 heterocycles. The maximum absolute atomic E-state index is 12.2. The Kier molecular flexibility index (Phi) is 5.71. The van der Waals surface area contributed by atoms with Gasteiger partial charge < -0.3 is 19.9 Å². The molecule has 3 fully saturated rings. The molecule has 1 atom stereocenters. The quantitative estimate of drug-likeness (QED) is 0.577. The van der Waals surface area contributed by atoms with Crippen LogP contribution in [0.1, 0.15) is 32.1 Å². The van der Waals surface area contributed by atoms with Crippen LogP contribution in [0, 0.1) is 11.8 Å².